The molecular weight excluding hydrogens is 198 g/mol. The molecule has 2 heteroatoms. The Balaban J connectivity index is 2.05. The van der Waals surface area contributed by atoms with Gasteiger partial charge >= 0.3 is 0 Å². The van der Waals surface area contributed by atoms with E-state index in [1.807, 2.05) is 12.1 Å². The Bertz CT molecular complexity index is 279. The summed E-state index contributed by atoms with van der Waals surface area (Å²) in [4.78, 5) is 0. The minimum Gasteiger partial charge on any atom is -0.399 e. The zero-order chi connectivity index (χ0) is 11.8. The second-order valence-corrected chi connectivity index (χ2v) is 4.64. The lowest BCUT2D eigenvalue weighted by Crippen LogP contribution is -2.01. The smallest absolute Gasteiger partial charge is 0.0469 e. The largest absolute Gasteiger partial charge is 0.399 e. The fourth-order valence-corrected chi connectivity index (χ4v) is 1.48. The number of benzene rings is 1. The quantitative estimate of drug-likeness (QED) is 0.566. The van der Waals surface area contributed by atoms with Crippen molar-refractivity contribution >= 4 is 5.69 Å². The zero-order valence-electron chi connectivity index (χ0n) is 10.4. The Morgan fingerprint density at radius 1 is 1.12 bits per heavy atom. The molecule has 0 saturated carbocycles. The molecule has 0 fully saturated rings. The summed E-state index contributed by atoms with van der Waals surface area (Å²) in [5, 5.41) is 0. The van der Waals surface area contributed by atoms with Crippen molar-refractivity contribution in [2.24, 2.45) is 5.92 Å². The number of rotatable bonds is 7. The van der Waals surface area contributed by atoms with E-state index in [9.17, 15) is 0 Å². The topological polar surface area (TPSA) is 35.2 Å². The summed E-state index contributed by atoms with van der Waals surface area (Å²) in [5.74, 6) is 0.733. The highest BCUT2D eigenvalue weighted by Crippen LogP contribution is 2.07. The molecule has 0 amide bonds. The Labute approximate surface area is 98.8 Å². The molecule has 90 valence electrons. The van der Waals surface area contributed by atoms with Crippen LogP contribution in [0.4, 0.5) is 5.69 Å². The first-order chi connectivity index (χ1) is 7.68. The molecule has 2 N–H and O–H groups in total. The fourth-order valence-electron chi connectivity index (χ4n) is 1.48. The summed E-state index contributed by atoms with van der Waals surface area (Å²) in [7, 11) is 0. The first-order valence-corrected chi connectivity index (χ1v) is 6.10. The SMILES string of the molecule is CC(C)CCOCCCc1ccc(N)cc1. The zero-order valence-corrected chi connectivity index (χ0v) is 10.4. The van der Waals surface area contributed by atoms with Gasteiger partial charge in [-0.1, -0.05) is 26.0 Å². The van der Waals surface area contributed by atoms with Crippen LogP contribution >= 0.6 is 0 Å². The molecule has 1 aromatic carbocycles. The molecule has 0 unspecified atom stereocenters. The standard InChI is InChI=1S/C14H23NO/c1-12(2)9-11-16-10-3-4-13-5-7-14(15)8-6-13/h5-8,12H,3-4,9-11,15H2,1-2H3. The number of aryl methyl sites for hydroxylation is 1. The molecule has 0 aliphatic heterocycles. The maximum absolute atomic E-state index is 5.62. The van der Waals surface area contributed by atoms with Gasteiger partial charge in [0.25, 0.3) is 0 Å². The van der Waals surface area contributed by atoms with Crippen LogP contribution in [-0.2, 0) is 11.2 Å². The summed E-state index contributed by atoms with van der Waals surface area (Å²) in [6.45, 7) is 6.19. The van der Waals surface area contributed by atoms with Crippen LogP contribution < -0.4 is 5.73 Å². The highest BCUT2D eigenvalue weighted by Gasteiger charge is 1.95. The van der Waals surface area contributed by atoms with Crippen molar-refractivity contribution in [3.8, 4) is 0 Å². The average Bonchev–Trinajstić information content (AvgIpc) is 2.25. The minimum atomic E-state index is 0.733. The molecular formula is C14H23NO. The molecule has 0 aliphatic carbocycles. The molecule has 2 nitrogen and oxygen atoms in total. The number of nitrogens with two attached hydrogens (primary N) is 1. The van der Waals surface area contributed by atoms with E-state index in [1.54, 1.807) is 0 Å². The number of ether oxygens (including phenoxy) is 1. The molecule has 0 aromatic heterocycles. The van der Waals surface area contributed by atoms with Crippen LogP contribution in [0, 0.1) is 5.92 Å². The molecule has 0 saturated heterocycles. The molecule has 0 spiro atoms. The van der Waals surface area contributed by atoms with Crippen LogP contribution in [0.3, 0.4) is 0 Å². The van der Waals surface area contributed by atoms with E-state index >= 15 is 0 Å². The van der Waals surface area contributed by atoms with Gasteiger partial charge in [0.05, 0.1) is 0 Å². The van der Waals surface area contributed by atoms with Crippen LogP contribution in [0.1, 0.15) is 32.3 Å². The Kier molecular flexibility index (Phi) is 5.94. The summed E-state index contributed by atoms with van der Waals surface area (Å²) >= 11 is 0. The second-order valence-electron chi connectivity index (χ2n) is 4.64. The first kappa shape index (κ1) is 13.0. The van der Waals surface area contributed by atoms with Crippen molar-refractivity contribution in [2.45, 2.75) is 33.1 Å². The van der Waals surface area contributed by atoms with E-state index in [2.05, 4.69) is 26.0 Å². The molecule has 0 bridgehead atoms. The lowest BCUT2D eigenvalue weighted by molar-refractivity contribution is 0.121. The van der Waals surface area contributed by atoms with E-state index in [4.69, 9.17) is 10.5 Å². The second kappa shape index (κ2) is 7.29. The van der Waals surface area contributed by atoms with Gasteiger partial charge in [-0.05, 0) is 42.9 Å². The molecule has 0 heterocycles. The average molecular weight is 221 g/mol. The van der Waals surface area contributed by atoms with E-state index in [1.165, 1.54) is 5.56 Å². The van der Waals surface area contributed by atoms with Crippen molar-refractivity contribution in [2.75, 3.05) is 18.9 Å². The highest BCUT2D eigenvalue weighted by atomic mass is 16.5. The van der Waals surface area contributed by atoms with Crippen LogP contribution in [0.2, 0.25) is 0 Å². The van der Waals surface area contributed by atoms with Crippen molar-refractivity contribution in [1.82, 2.24) is 0 Å². The molecule has 0 radical (unpaired) electrons. The molecule has 1 aromatic rings. The van der Waals surface area contributed by atoms with Gasteiger partial charge in [-0.2, -0.15) is 0 Å². The summed E-state index contributed by atoms with van der Waals surface area (Å²) < 4.78 is 5.57. The minimum absolute atomic E-state index is 0.733. The Hall–Kier alpha value is -1.02. The van der Waals surface area contributed by atoms with Gasteiger partial charge < -0.3 is 10.5 Å². The molecule has 1 rings (SSSR count). The highest BCUT2D eigenvalue weighted by molar-refractivity contribution is 5.39. The first-order valence-electron chi connectivity index (χ1n) is 6.10. The third kappa shape index (κ3) is 5.76. The lowest BCUT2D eigenvalue weighted by atomic mass is 10.1. The fraction of sp³-hybridized carbons (Fsp3) is 0.571. The van der Waals surface area contributed by atoms with Crippen LogP contribution in [0.5, 0.6) is 0 Å². The van der Waals surface area contributed by atoms with Crippen molar-refractivity contribution in [1.29, 1.82) is 0 Å². The lowest BCUT2D eigenvalue weighted by Gasteiger charge is -2.06. The van der Waals surface area contributed by atoms with Gasteiger partial charge in [0.1, 0.15) is 0 Å². The summed E-state index contributed by atoms with van der Waals surface area (Å²) in [6.07, 6.45) is 3.31. The monoisotopic (exact) mass is 221 g/mol. The van der Waals surface area contributed by atoms with Crippen LogP contribution in [0.25, 0.3) is 0 Å². The molecule has 16 heavy (non-hydrogen) atoms. The maximum atomic E-state index is 5.62. The number of hydrogen-bond donors (Lipinski definition) is 1. The Morgan fingerprint density at radius 2 is 1.81 bits per heavy atom. The van der Waals surface area contributed by atoms with Gasteiger partial charge in [-0.3, -0.25) is 0 Å². The molecule has 0 atom stereocenters. The predicted molar refractivity (Wildman–Crippen MR) is 69.4 cm³/mol. The third-order valence-corrected chi connectivity index (χ3v) is 2.57. The van der Waals surface area contributed by atoms with Gasteiger partial charge in [0.15, 0.2) is 0 Å². The molecule has 0 aliphatic rings. The van der Waals surface area contributed by atoms with E-state index in [-0.39, 0.29) is 0 Å². The summed E-state index contributed by atoms with van der Waals surface area (Å²) in [5.41, 5.74) is 7.79. The van der Waals surface area contributed by atoms with E-state index in [0.29, 0.717) is 0 Å². The maximum Gasteiger partial charge on any atom is 0.0469 e. The van der Waals surface area contributed by atoms with Gasteiger partial charge in [-0.25, -0.2) is 0 Å². The van der Waals surface area contributed by atoms with Crippen molar-refractivity contribution < 1.29 is 4.74 Å². The van der Waals surface area contributed by atoms with Crippen molar-refractivity contribution in [3.05, 3.63) is 29.8 Å². The van der Waals surface area contributed by atoms with Gasteiger partial charge in [0.2, 0.25) is 0 Å². The third-order valence-electron chi connectivity index (χ3n) is 2.57. The Morgan fingerprint density at radius 3 is 2.44 bits per heavy atom. The number of nitrogen functional groups attached to an aromatic ring is 1. The van der Waals surface area contributed by atoms with E-state index in [0.717, 1.165) is 44.1 Å². The predicted octanol–water partition coefficient (Wildman–Crippen LogP) is 3.26. The van der Waals surface area contributed by atoms with E-state index < -0.39 is 0 Å². The number of hydrogen-bond acceptors (Lipinski definition) is 2. The van der Waals surface area contributed by atoms with Crippen LogP contribution in [0.15, 0.2) is 24.3 Å². The van der Waals surface area contributed by atoms with Crippen LogP contribution in [-0.4, -0.2) is 13.2 Å². The normalized spacial score (nSPS) is 10.9. The van der Waals surface area contributed by atoms with Crippen molar-refractivity contribution in [3.63, 3.8) is 0 Å². The summed E-state index contributed by atoms with van der Waals surface area (Å²) in [6, 6.07) is 8.08. The van der Waals surface area contributed by atoms with Gasteiger partial charge in [-0.15, -0.1) is 0 Å². The number of anilines is 1. The van der Waals surface area contributed by atoms with Gasteiger partial charge in [0, 0.05) is 18.9 Å².